The van der Waals surface area contributed by atoms with Gasteiger partial charge in [-0.2, -0.15) is 5.26 Å². The fourth-order valence-electron chi connectivity index (χ4n) is 6.56. The molecule has 4 aromatic heterocycles. The van der Waals surface area contributed by atoms with Gasteiger partial charge in [-0.3, -0.25) is 9.20 Å². The molecule has 0 radical (unpaired) electrons. The monoisotopic (exact) mass is 670 g/mol. The molecule has 2 aliphatic heterocycles. The van der Waals surface area contributed by atoms with Gasteiger partial charge in [-0.1, -0.05) is 18.3 Å². The van der Waals surface area contributed by atoms with Crippen LogP contribution in [-0.4, -0.2) is 63.4 Å². The summed E-state index contributed by atoms with van der Waals surface area (Å²) in [5.74, 6) is 1.93. The first-order chi connectivity index (χ1) is 22.4. The number of likely N-dealkylation sites (tertiary alicyclic amines) is 1. The van der Waals surface area contributed by atoms with Crippen LogP contribution >= 0.6 is 23.7 Å². The van der Waals surface area contributed by atoms with Crippen LogP contribution in [0.2, 0.25) is 0 Å². The van der Waals surface area contributed by atoms with Crippen LogP contribution in [0.1, 0.15) is 43.2 Å². The molecule has 0 spiro atoms. The van der Waals surface area contributed by atoms with Gasteiger partial charge in [-0.25, -0.2) is 19.3 Å². The molecule has 7 rings (SSSR count). The van der Waals surface area contributed by atoms with E-state index in [9.17, 15) is 14.4 Å². The Kier molecular flexibility index (Phi) is 9.43. The number of carbonyl (C=O) groups excluding carboxylic acids is 1. The van der Waals surface area contributed by atoms with Crippen LogP contribution in [0.3, 0.4) is 0 Å². The van der Waals surface area contributed by atoms with Crippen molar-refractivity contribution in [3.05, 3.63) is 77.3 Å². The van der Waals surface area contributed by atoms with Crippen molar-refractivity contribution in [1.82, 2.24) is 24.3 Å². The number of piperidine rings is 1. The molecular weight excluding hydrogens is 635 g/mol. The van der Waals surface area contributed by atoms with E-state index in [0.717, 1.165) is 86.0 Å². The molecule has 47 heavy (non-hydrogen) atoms. The molecule has 0 saturated carbocycles. The van der Waals surface area contributed by atoms with Crippen molar-refractivity contribution in [2.45, 2.75) is 39.0 Å². The maximum Gasteiger partial charge on any atom is 0.225 e. The normalized spacial score (nSPS) is 15.1. The van der Waals surface area contributed by atoms with Gasteiger partial charge in [0.05, 0.1) is 5.69 Å². The summed E-state index contributed by atoms with van der Waals surface area (Å²) >= 11 is 1.30. The Morgan fingerprint density at radius 3 is 2.36 bits per heavy atom. The standard InChI is InChI=1S/C35H35FN8OS.ClH/c1-3-28-33(41(2)35-40-32(29(20-37)46-35)23-6-10-27(36)11-7-23)44-22-26(9-13-31(44)39-28)25-8-12-30(38-21-25)42-18-14-24(15-19-42)34(45)43-16-4-5-17-43;/h6-13,21-22,24H,3-5,14-19H2,1-2H3;1H. The highest BCUT2D eigenvalue weighted by Gasteiger charge is 2.30. The minimum atomic E-state index is -0.334. The van der Waals surface area contributed by atoms with Crippen molar-refractivity contribution in [3.63, 3.8) is 0 Å². The number of amides is 1. The number of hydrogen-bond donors (Lipinski definition) is 0. The lowest BCUT2D eigenvalue weighted by Gasteiger charge is -2.33. The Balaban J connectivity index is 0.00000386. The van der Waals surface area contributed by atoms with Crippen molar-refractivity contribution >= 4 is 52.1 Å². The first-order valence-electron chi connectivity index (χ1n) is 15.8. The molecule has 2 fully saturated rings. The van der Waals surface area contributed by atoms with Gasteiger partial charge in [-0.15, -0.1) is 12.4 Å². The third-order valence-electron chi connectivity index (χ3n) is 9.10. The van der Waals surface area contributed by atoms with Crippen molar-refractivity contribution < 1.29 is 9.18 Å². The van der Waals surface area contributed by atoms with Crippen LogP contribution < -0.4 is 9.80 Å². The lowest BCUT2D eigenvalue weighted by molar-refractivity contribution is -0.135. The average molecular weight is 671 g/mol. The Morgan fingerprint density at radius 2 is 1.70 bits per heavy atom. The second-order valence-corrected chi connectivity index (χ2v) is 12.9. The van der Waals surface area contributed by atoms with Crippen LogP contribution in [0.4, 0.5) is 21.2 Å². The van der Waals surface area contributed by atoms with E-state index in [1.54, 1.807) is 12.1 Å². The number of aryl methyl sites for hydroxylation is 1. The van der Waals surface area contributed by atoms with Gasteiger partial charge in [-0.05, 0) is 80.6 Å². The lowest BCUT2D eigenvalue weighted by Crippen LogP contribution is -2.41. The molecule has 2 saturated heterocycles. The van der Waals surface area contributed by atoms with Crippen molar-refractivity contribution in [1.29, 1.82) is 5.26 Å². The fourth-order valence-corrected chi connectivity index (χ4v) is 7.41. The first-order valence-corrected chi connectivity index (χ1v) is 16.7. The molecule has 0 bridgehead atoms. The molecular formula is C35H36ClFN8OS. The Hall–Kier alpha value is -4.53. The van der Waals surface area contributed by atoms with E-state index in [0.29, 0.717) is 33.6 Å². The van der Waals surface area contributed by atoms with E-state index in [1.807, 2.05) is 29.1 Å². The minimum absolute atomic E-state index is 0. The number of halogens is 2. The molecule has 5 aromatic rings. The molecule has 242 valence electrons. The molecule has 6 heterocycles. The fraction of sp³-hybridized carbons (Fsp3) is 0.343. The molecule has 1 amide bonds. The van der Waals surface area contributed by atoms with Gasteiger partial charge in [0.1, 0.15) is 39.7 Å². The van der Waals surface area contributed by atoms with Crippen LogP contribution in [0.15, 0.2) is 60.9 Å². The Morgan fingerprint density at radius 1 is 1.00 bits per heavy atom. The number of carbonyl (C=O) groups is 1. The summed E-state index contributed by atoms with van der Waals surface area (Å²) in [6.07, 6.45) is 8.68. The minimum Gasteiger partial charge on any atom is -0.357 e. The second-order valence-electron chi connectivity index (χ2n) is 11.9. The Bertz CT molecular complexity index is 1920. The predicted octanol–water partition coefficient (Wildman–Crippen LogP) is 7.12. The number of rotatable bonds is 7. The molecule has 0 atom stereocenters. The first kappa shape index (κ1) is 32.4. The maximum absolute atomic E-state index is 13.6. The van der Waals surface area contributed by atoms with Gasteiger partial charge in [0.2, 0.25) is 5.91 Å². The van der Waals surface area contributed by atoms with Crippen molar-refractivity contribution in [3.8, 4) is 28.5 Å². The van der Waals surface area contributed by atoms with E-state index < -0.39 is 0 Å². The summed E-state index contributed by atoms with van der Waals surface area (Å²) in [6, 6.07) is 16.5. The summed E-state index contributed by atoms with van der Waals surface area (Å²) in [5, 5.41) is 10.5. The van der Waals surface area contributed by atoms with Crippen LogP contribution in [0.25, 0.3) is 28.0 Å². The highest BCUT2D eigenvalue weighted by atomic mass is 35.5. The number of fused-ring (bicyclic) bond motifs is 1. The number of anilines is 3. The van der Waals surface area contributed by atoms with Crippen molar-refractivity contribution in [2.24, 2.45) is 5.92 Å². The van der Waals surface area contributed by atoms with E-state index in [1.165, 1.54) is 23.5 Å². The largest absolute Gasteiger partial charge is 0.357 e. The highest BCUT2D eigenvalue weighted by Crippen LogP contribution is 2.37. The summed E-state index contributed by atoms with van der Waals surface area (Å²) < 4.78 is 15.6. The molecule has 0 aliphatic carbocycles. The number of pyridine rings is 2. The number of hydrogen-bond acceptors (Lipinski definition) is 8. The zero-order valence-electron chi connectivity index (χ0n) is 26.4. The lowest BCUT2D eigenvalue weighted by atomic mass is 9.95. The van der Waals surface area contributed by atoms with Gasteiger partial charge >= 0.3 is 0 Å². The smallest absolute Gasteiger partial charge is 0.225 e. The van der Waals surface area contributed by atoms with Gasteiger partial charge in [0, 0.05) is 68.2 Å². The van der Waals surface area contributed by atoms with E-state index >= 15 is 0 Å². The number of aromatic nitrogens is 4. The molecule has 12 heteroatoms. The number of imidazole rings is 1. The van der Waals surface area contributed by atoms with Gasteiger partial charge < -0.3 is 14.7 Å². The SMILES string of the molecule is CCc1nc2ccc(-c3ccc(N4CCC(C(=O)N5CCCC5)CC4)nc3)cn2c1N(C)c1nc(-c2ccc(F)cc2)c(C#N)s1.Cl. The topological polar surface area (TPSA) is 93.7 Å². The van der Waals surface area contributed by atoms with Crippen LogP contribution in [0, 0.1) is 23.1 Å². The molecule has 0 N–H and O–H groups in total. The number of nitriles is 1. The van der Waals surface area contributed by atoms with E-state index in [2.05, 4.69) is 46.7 Å². The average Bonchev–Trinajstić information content (AvgIpc) is 3.87. The summed E-state index contributed by atoms with van der Waals surface area (Å²) in [4.78, 5) is 34.1. The summed E-state index contributed by atoms with van der Waals surface area (Å²) in [7, 11) is 1.93. The quantitative estimate of drug-likeness (QED) is 0.182. The molecule has 1 aromatic carbocycles. The third kappa shape index (κ3) is 6.27. The van der Waals surface area contributed by atoms with Gasteiger partial charge in [0.25, 0.3) is 0 Å². The number of nitrogens with zero attached hydrogens (tertiary/aromatic N) is 8. The molecule has 0 unspecified atom stereocenters. The van der Waals surface area contributed by atoms with Crippen LogP contribution in [-0.2, 0) is 11.2 Å². The highest BCUT2D eigenvalue weighted by molar-refractivity contribution is 7.16. The van der Waals surface area contributed by atoms with E-state index in [-0.39, 0.29) is 24.1 Å². The van der Waals surface area contributed by atoms with E-state index in [4.69, 9.17) is 15.0 Å². The predicted molar refractivity (Wildman–Crippen MR) is 186 cm³/mol. The van der Waals surface area contributed by atoms with Gasteiger partial charge in [0.15, 0.2) is 5.13 Å². The number of benzene rings is 1. The maximum atomic E-state index is 13.6. The zero-order chi connectivity index (χ0) is 31.8. The Labute approximate surface area is 283 Å². The molecule has 2 aliphatic rings. The molecule has 9 nitrogen and oxygen atoms in total. The summed E-state index contributed by atoms with van der Waals surface area (Å²) in [5.41, 5.74) is 4.95. The zero-order valence-corrected chi connectivity index (χ0v) is 28.0. The number of thiazole rings is 1. The third-order valence-corrected chi connectivity index (χ3v) is 10.1. The second kappa shape index (κ2) is 13.7. The van der Waals surface area contributed by atoms with Crippen molar-refractivity contribution in [2.75, 3.05) is 43.0 Å². The van der Waals surface area contributed by atoms with Crippen LogP contribution in [0.5, 0.6) is 0 Å². The summed E-state index contributed by atoms with van der Waals surface area (Å²) in [6.45, 7) is 5.56.